The molecule has 1 N–H and O–H groups in total. The van der Waals surface area contributed by atoms with Gasteiger partial charge in [-0.2, -0.15) is 0 Å². The van der Waals surface area contributed by atoms with Gasteiger partial charge in [-0.05, 0) is 30.7 Å². The molecule has 0 aliphatic heterocycles. The molecular weight excluding hydrogens is 301 g/mol. The molecule has 94 valence electrons. The minimum absolute atomic E-state index is 0.0649. The molecule has 0 spiro atoms. The van der Waals surface area contributed by atoms with Gasteiger partial charge in [-0.25, -0.2) is 9.37 Å². The predicted octanol–water partition coefficient (Wildman–Crippen LogP) is 3.58. The SMILES string of the molecule is Cc1nc(Oc2cc(F)cc(Br)c2)ccc1CO. The summed E-state index contributed by atoms with van der Waals surface area (Å²) in [7, 11) is 0. The summed E-state index contributed by atoms with van der Waals surface area (Å²) >= 11 is 3.19. The van der Waals surface area contributed by atoms with Gasteiger partial charge in [0, 0.05) is 22.3 Å². The lowest BCUT2D eigenvalue weighted by atomic mass is 10.2. The van der Waals surface area contributed by atoms with Gasteiger partial charge in [-0.1, -0.05) is 15.9 Å². The van der Waals surface area contributed by atoms with Gasteiger partial charge in [0.1, 0.15) is 11.6 Å². The second kappa shape index (κ2) is 5.46. The first-order valence-corrected chi connectivity index (χ1v) is 6.09. The van der Waals surface area contributed by atoms with Gasteiger partial charge in [0.2, 0.25) is 5.88 Å². The van der Waals surface area contributed by atoms with Gasteiger partial charge in [0.15, 0.2) is 0 Å². The third kappa shape index (κ3) is 3.05. The number of ether oxygens (including phenoxy) is 1. The van der Waals surface area contributed by atoms with E-state index in [4.69, 9.17) is 9.84 Å². The Morgan fingerprint density at radius 1 is 1.33 bits per heavy atom. The number of aliphatic hydroxyl groups excluding tert-OH is 1. The maximum absolute atomic E-state index is 13.2. The lowest BCUT2D eigenvalue weighted by Gasteiger charge is -2.08. The largest absolute Gasteiger partial charge is 0.439 e. The van der Waals surface area contributed by atoms with Crippen LogP contribution in [0.4, 0.5) is 4.39 Å². The smallest absolute Gasteiger partial charge is 0.219 e. The van der Waals surface area contributed by atoms with Crippen molar-refractivity contribution >= 4 is 15.9 Å². The maximum atomic E-state index is 13.2. The fraction of sp³-hybridized carbons (Fsp3) is 0.154. The van der Waals surface area contributed by atoms with E-state index in [0.717, 1.165) is 5.56 Å². The quantitative estimate of drug-likeness (QED) is 0.942. The number of pyridine rings is 1. The molecule has 18 heavy (non-hydrogen) atoms. The van der Waals surface area contributed by atoms with Gasteiger partial charge in [0.05, 0.1) is 6.61 Å². The van der Waals surface area contributed by atoms with E-state index in [1.807, 2.05) is 0 Å². The zero-order valence-corrected chi connectivity index (χ0v) is 11.2. The Kier molecular flexibility index (Phi) is 3.93. The Morgan fingerprint density at radius 3 is 2.72 bits per heavy atom. The number of aliphatic hydroxyl groups is 1. The minimum Gasteiger partial charge on any atom is -0.439 e. The molecule has 2 aromatic rings. The molecule has 0 atom stereocenters. The molecule has 1 aromatic heterocycles. The van der Waals surface area contributed by atoms with E-state index in [1.165, 1.54) is 12.1 Å². The number of benzene rings is 1. The van der Waals surface area contributed by atoms with E-state index in [0.29, 0.717) is 21.8 Å². The van der Waals surface area contributed by atoms with E-state index < -0.39 is 0 Å². The standard InChI is InChI=1S/C13H11BrFNO2/c1-8-9(7-17)2-3-13(16-8)18-12-5-10(14)4-11(15)6-12/h2-6,17H,7H2,1H3. The van der Waals surface area contributed by atoms with Gasteiger partial charge in [0.25, 0.3) is 0 Å². The van der Waals surface area contributed by atoms with Crippen molar-refractivity contribution < 1.29 is 14.2 Å². The topological polar surface area (TPSA) is 42.4 Å². The lowest BCUT2D eigenvalue weighted by molar-refractivity contribution is 0.280. The van der Waals surface area contributed by atoms with Crippen molar-refractivity contribution in [3.63, 3.8) is 0 Å². The first-order chi connectivity index (χ1) is 8.58. The summed E-state index contributed by atoms with van der Waals surface area (Å²) < 4.78 is 19.2. The molecule has 0 bridgehead atoms. The summed E-state index contributed by atoms with van der Waals surface area (Å²) in [5, 5.41) is 9.04. The van der Waals surface area contributed by atoms with Crippen LogP contribution in [0.15, 0.2) is 34.8 Å². The van der Waals surface area contributed by atoms with Gasteiger partial charge < -0.3 is 9.84 Å². The summed E-state index contributed by atoms with van der Waals surface area (Å²) in [6, 6.07) is 7.64. The van der Waals surface area contributed by atoms with Crippen LogP contribution in [-0.4, -0.2) is 10.1 Å². The molecule has 0 fully saturated rings. The van der Waals surface area contributed by atoms with E-state index >= 15 is 0 Å². The van der Waals surface area contributed by atoms with Crippen LogP contribution in [0.1, 0.15) is 11.3 Å². The van der Waals surface area contributed by atoms with Crippen LogP contribution >= 0.6 is 15.9 Å². The maximum Gasteiger partial charge on any atom is 0.219 e. The van der Waals surface area contributed by atoms with Crippen LogP contribution in [0.2, 0.25) is 0 Å². The molecule has 0 amide bonds. The van der Waals surface area contributed by atoms with E-state index in [9.17, 15) is 4.39 Å². The van der Waals surface area contributed by atoms with Crippen molar-refractivity contribution in [1.82, 2.24) is 4.98 Å². The number of hydrogen-bond acceptors (Lipinski definition) is 3. The Hall–Kier alpha value is -1.46. The van der Waals surface area contributed by atoms with Gasteiger partial charge in [-0.3, -0.25) is 0 Å². The van der Waals surface area contributed by atoms with Crippen molar-refractivity contribution in [2.45, 2.75) is 13.5 Å². The zero-order chi connectivity index (χ0) is 13.1. The van der Waals surface area contributed by atoms with Gasteiger partial charge >= 0.3 is 0 Å². The van der Waals surface area contributed by atoms with Crippen LogP contribution < -0.4 is 4.74 Å². The number of rotatable bonds is 3. The van der Waals surface area contributed by atoms with E-state index in [1.54, 1.807) is 25.1 Å². The molecule has 3 nitrogen and oxygen atoms in total. The Morgan fingerprint density at radius 2 is 2.11 bits per heavy atom. The molecule has 0 aliphatic carbocycles. The number of aromatic nitrogens is 1. The van der Waals surface area contributed by atoms with Crippen LogP contribution in [0.25, 0.3) is 0 Å². The Balaban J connectivity index is 2.25. The van der Waals surface area contributed by atoms with Crippen molar-refractivity contribution in [1.29, 1.82) is 0 Å². The molecule has 0 saturated carbocycles. The summed E-state index contributed by atoms with van der Waals surface area (Å²) in [4.78, 5) is 4.18. The number of aryl methyl sites for hydroxylation is 1. The summed E-state index contributed by atoms with van der Waals surface area (Å²) in [5.41, 5.74) is 1.42. The first kappa shape index (κ1) is 13.0. The summed E-state index contributed by atoms with van der Waals surface area (Å²) in [6.07, 6.45) is 0. The van der Waals surface area contributed by atoms with Crippen LogP contribution in [-0.2, 0) is 6.61 Å². The summed E-state index contributed by atoms with van der Waals surface area (Å²) in [5.74, 6) is 0.343. The Bertz CT molecular complexity index is 555. The fourth-order valence-electron chi connectivity index (χ4n) is 1.50. The highest BCUT2D eigenvalue weighted by molar-refractivity contribution is 9.10. The van der Waals surface area contributed by atoms with Crippen LogP contribution in [0.5, 0.6) is 11.6 Å². The first-order valence-electron chi connectivity index (χ1n) is 5.30. The van der Waals surface area contributed by atoms with Crippen LogP contribution in [0.3, 0.4) is 0 Å². The Labute approximate surface area is 112 Å². The minimum atomic E-state index is -0.386. The normalized spacial score (nSPS) is 10.4. The molecule has 0 saturated heterocycles. The molecule has 0 radical (unpaired) electrons. The zero-order valence-electron chi connectivity index (χ0n) is 9.65. The number of nitrogens with zero attached hydrogens (tertiary/aromatic N) is 1. The molecule has 2 rings (SSSR count). The molecule has 1 heterocycles. The average molecular weight is 312 g/mol. The van der Waals surface area contributed by atoms with Crippen molar-refractivity contribution in [3.8, 4) is 11.6 Å². The highest BCUT2D eigenvalue weighted by atomic mass is 79.9. The number of hydrogen-bond donors (Lipinski definition) is 1. The number of halogens is 2. The third-order valence-corrected chi connectivity index (χ3v) is 2.86. The van der Waals surface area contributed by atoms with Crippen molar-refractivity contribution in [2.75, 3.05) is 0 Å². The monoisotopic (exact) mass is 311 g/mol. The lowest BCUT2D eigenvalue weighted by Crippen LogP contribution is -1.95. The second-order valence-electron chi connectivity index (χ2n) is 3.76. The van der Waals surface area contributed by atoms with Gasteiger partial charge in [-0.15, -0.1) is 0 Å². The molecular formula is C13H11BrFNO2. The predicted molar refractivity (Wildman–Crippen MR) is 69.1 cm³/mol. The second-order valence-corrected chi connectivity index (χ2v) is 4.68. The average Bonchev–Trinajstić information content (AvgIpc) is 2.27. The van der Waals surface area contributed by atoms with Crippen molar-refractivity contribution in [3.05, 3.63) is 51.9 Å². The molecule has 1 aromatic carbocycles. The van der Waals surface area contributed by atoms with E-state index in [-0.39, 0.29) is 12.4 Å². The highest BCUT2D eigenvalue weighted by Gasteiger charge is 2.05. The third-order valence-electron chi connectivity index (χ3n) is 2.40. The fourth-order valence-corrected chi connectivity index (χ4v) is 1.94. The molecule has 0 aliphatic rings. The van der Waals surface area contributed by atoms with Crippen molar-refractivity contribution in [2.24, 2.45) is 0 Å². The summed E-state index contributed by atoms with van der Waals surface area (Å²) in [6.45, 7) is 1.71. The highest BCUT2D eigenvalue weighted by Crippen LogP contribution is 2.25. The van der Waals surface area contributed by atoms with E-state index in [2.05, 4.69) is 20.9 Å². The molecule has 0 unspecified atom stereocenters. The van der Waals surface area contributed by atoms with Crippen LogP contribution in [0, 0.1) is 12.7 Å². The molecule has 5 heteroatoms.